The first-order valence-electron chi connectivity index (χ1n) is 11.7. The summed E-state index contributed by atoms with van der Waals surface area (Å²) in [5, 5.41) is 19.9. The van der Waals surface area contributed by atoms with Crippen molar-refractivity contribution in [3.63, 3.8) is 0 Å². The third-order valence-corrected chi connectivity index (χ3v) is 6.55. The van der Waals surface area contributed by atoms with Crippen LogP contribution in [0.4, 0.5) is 16.0 Å². The highest BCUT2D eigenvalue weighted by molar-refractivity contribution is 5.95. The summed E-state index contributed by atoms with van der Waals surface area (Å²) < 4.78 is 22.9. The highest BCUT2D eigenvalue weighted by Crippen LogP contribution is 2.35. The molecule has 11 heteroatoms. The Bertz CT molecular complexity index is 1410. The van der Waals surface area contributed by atoms with Gasteiger partial charge in [0.25, 0.3) is 0 Å². The van der Waals surface area contributed by atoms with Crippen LogP contribution in [0, 0.1) is 18.7 Å². The van der Waals surface area contributed by atoms with Crippen molar-refractivity contribution < 1.29 is 14.2 Å². The lowest BCUT2D eigenvalue weighted by Gasteiger charge is -2.36. The van der Waals surface area contributed by atoms with Crippen molar-refractivity contribution in [1.29, 1.82) is 0 Å². The van der Waals surface area contributed by atoms with Crippen LogP contribution in [0.2, 0.25) is 0 Å². The van der Waals surface area contributed by atoms with E-state index in [0.29, 0.717) is 47.1 Å². The molecule has 10 nitrogen and oxygen atoms in total. The van der Waals surface area contributed by atoms with Gasteiger partial charge in [-0.2, -0.15) is 9.61 Å². The summed E-state index contributed by atoms with van der Waals surface area (Å²) >= 11 is 0. The molecule has 3 N–H and O–H groups in total. The van der Waals surface area contributed by atoms with Crippen LogP contribution in [0.1, 0.15) is 44.6 Å². The Morgan fingerprint density at radius 3 is 2.74 bits per heavy atom. The van der Waals surface area contributed by atoms with Crippen molar-refractivity contribution in [1.82, 2.24) is 29.4 Å². The average Bonchev–Trinajstić information content (AvgIpc) is 3.38. The van der Waals surface area contributed by atoms with Gasteiger partial charge in [-0.25, -0.2) is 14.4 Å². The number of anilines is 2. The summed E-state index contributed by atoms with van der Waals surface area (Å²) in [5.74, 6) is 1.11. The maximum Gasteiger partial charge on any atom is 0.223 e. The maximum atomic E-state index is 14.3. The predicted octanol–water partition coefficient (Wildman–Crippen LogP) is 2.91. The average molecular weight is 483 g/mol. The van der Waals surface area contributed by atoms with E-state index in [0.717, 1.165) is 24.3 Å². The lowest BCUT2D eigenvalue weighted by atomic mass is 9.89. The van der Waals surface area contributed by atoms with Gasteiger partial charge in [0, 0.05) is 25.1 Å². The maximum absolute atomic E-state index is 14.3. The molecule has 4 heterocycles. The molecule has 1 aromatic carbocycles. The Hall–Kier alpha value is -3.47. The van der Waals surface area contributed by atoms with E-state index in [1.165, 1.54) is 23.8 Å². The second-order valence-electron chi connectivity index (χ2n) is 10.2. The third kappa shape index (κ3) is 4.24. The third-order valence-electron chi connectivity index (χ3n) is 6.55. The molecule has 3 aromatic heterocycles. The molecule has 0 radical (unpaired) electrons. The number of ether oxygens (including phenoxy) is 1. The number of nitrogen functional groups attached to an aromatic ring is 1. The molecule has 186 valence electrons. The van der Waals surface area contributed by atoms with Crippen LogP contribution < -0.4 is 15.4 Å². The molecule has 1 fully saturated rings. The molecule has 2 unspecified atom stereocenters. The largest absolute Gasteiger partial charge is 0.494 e. The zero-order chi connectivity index (χ0) is 25.1. The molecule has 1 aliphatic heterocycles. The van der Waals surface area contributed by atoms with E-state index < -0.39 is 11.4 Å². The standard InChI is InChI=1S/C24H31FN8O2/c1-13-6-15(11-31(10-13)18-9-27-32(14(18)2)12-24(3,4)34)21-29-22-17-7-16(25)8-19(35-5)20(17)28-23(26)33(22)30-21/h7-9,13,15,34H,6,10-12H2,1-5H3,(H2,26,28). The normalized spacial score (nSPS) is 19.1. The van der Waals surface area contributed by atoms with Crippen LogP contribution in [-0.4, -0.2) is 60.3 Å². The summed E-state index contributed by atoms with van der Waals surface area (Å²) in [4.78, 5) is 11.5. The van der Waals surface area contributed by atoms with E-state index in [9.17, 15) is 9.50 Å². The van der Waals surface area contributed by atoms with Gasteiger partial charge in [-0.3, -0.25) is 4.68 Å². The Labute approximate surface area is 202 Å². The number of hydrogen-bond acceptors (Lipinski definition) is 8. The van der Waals surface area contributed by atoms with Gasteiger partial charge in [0.1, 0.15) is 17.1 Å². The summed E-state index contributed by atoms with van der Waals surface area (Å²) in [6.07, 6.45) is 2.77. The number of methoxy groups -OCH3 is 1. The number of nitrogens with zero attached hydrogens (tertiary/aromatic N) is 7. The lowest BCUT2D eigenvalue weighted by molar-refractivity contribution is 0.0571. The molecular weight excluding hydrogens is 451 g/mol. The molecule has 0 aliphatic carbocycles. The Balaban J connectivity index is 1.52. The molecule has 0 bridgehead atoms. The minimum atomic E-state index is -0.856. The minimum absolute atomic E-state index is 0.0422. The van der Waals surface area contributed by atoms with E-state index in [-0.39, 0.29) is 11.9 Å². The quantitative estimate of drug-likeness (QED) is 0.446. The zero-order valence-electron chi connectivity index (χ0n) is 20.7. The van der Waals surface area contributed by atoms with Gasteiger partial charge in [0.05, 0.1) is 42.2 Å². The topological polar surface area (TPSA) is 120 Å². The fraction of sp³-hybridized carbons (Fsp3) is 0.500. The van der Waals surface area contributed by atoms with Gasteiger partial charge in [-0.1, -0.05) is 6.92 Å². The lowest BCUT2D eigenvalue weighted by Crippen LogP contribution is -2.39. The van der Waals surface area contributed by atoms with Gasteiger partial charge >= 0.3 is 0 Å². The predicted molar refractivity (Wildman–Crippen MR) is 131 cm³/mol. The van der Waals surface area contributed by atoms with Crippen molar-refractivity contribution >= 4 is 28.2 Å². The molecule has 35 heavy (non-hydrogen) atoms. The monoisotopic (exact) mass is 482 g/mol. The first-order valence-corrected chi connectivity index (χ1v) is 11.7. The summed E-state index contributed by atoms with van der Waals surface area (Å²) in [7, 11) is 1.47. The first kappa shape index (κ1) is 23.3. The number of nitrogens with two attached hydrogens (primary N) is 1. The smallest absolute Gasteiger partial charge is 0.223 e. The number of aliphatic hydroxyl groups is 1. The molecule has 0 amide bonds. The molecule has 4 aromatic rings. The number of halogens is 1. The minimum Gasteiger partial charge on any atom is -0.494 e. The first-order chi connectivity index (χ1) is 16.5. The van der Waals surface area contributed by atoms with Crippen LogP contribution in [0.15, 0.2) is 18.3 Å². The van der Waals surface area contributed by atoms with Gasteiger partial charge in [0.2, 0.25) is 5.95 Å². The van der Waals surface area contributed by atoms with Gasteiger partial charge in [-0.15, -0.1) is 5.10 Å². The number of piperidine rings is 1. The SMILES string of the molecule is COc1cc(F)cc2c1nc(N)n1nc(C3CC(C)CN(c4cnn(CC(C)(C)O)c4C)C3)nc21. The van der Waals surface area contributed by atoms with E-state index >= 15 is 0 Å². The van der Waals surface area contributed by atoms with E-state index in [1.54, 1.807) is 13.8 Å². The van der Waals surface area contributed by atoms with Crippen LogP contribution in [0.25, 0.3) is 16.6 Å². The Morgan fingerprint density at radius 2 is 2.03 bits per heavy atom. The second-order valence-corrected chi connectivity index (χ2v) is 10.2. The van der Waals surface area contributed by atoms with Crippen LogP contribution >= 0.6 is 0 Å². The Kier molecular flexibility index (Phi) is 5.54. The van der Waals surface area contributed by atoms with E-state index in [1.807, 2.05) is 17.8 Å². The highest BCUT2D eigenvalue weighted by atomic mass is 19.1. The molecule has 1 aliphatic rings. The van der Waals surface area contributed by atoms with Gasteiger partial charge in [-0.05, 0) is 39.2 Å². The van der Waals surface area contributed by atoms with E-state index in [4.69, 9.17) is 15.5 Å². The summed E-state index contributed by atoms with van der Waals surface area (Å²) in [6.45, 7) is 9.77. The number of hydrogen-bond donors (Lipinski definition) is 2. The molecule has 1 saturated heterocycles. The number of rotatable bonds is 5. The molecule has 5 rings (SSSR count). The van der Waals surface area contributed by atoms with Crippen LogP contribution in [0.5, 0.6) is 5.75 Å². The van der Waals surface area contributed by atoms with Crippen LogP contribution in [0.3, 0.4) is 0 Å². The van der Waals surface area contributed by atoms with Crippen molar-refractivity contribution in [2.75, 3.05) is 30.8 Å². The molecule has 2 atom stereocenters. The fourth-order valence-corrected chi connectivity index (χ4v) is 5.02. The van der Waals surface area contributed by atoms with Crippen molar-refractivity contribution in [3.8, 4) is 5.75 Å². The zero-order valence-corrected chi connectivity index (χ0v) is 20.7. The van der Waals surface area contributed by atoms with Crippen LogP contribution in [-0.2, 0) is 6.54 Å². The van der Waals surface area contributed by atoms with E-state index in [2.05, 4.69) is 27.0 Å². The van der Waals surface area contributed by atoms with Crippen molar-refractivity contribution in [3.05, 3.63) is 35.7 Å². The molecule has 0 saturated carbocycles. The van der Waals surface area contributed by atoms with Crippen molar-refractivity contribution in [2.24, 2.45) is 5.92 Å². The molecule has 0 spiro atoms. The second kappa shape index (κ2) is 8.33. The Morgan fingerprint density at radius 1 is 1.26 bits per heavy atom. The number of fused-ring (bicyclic) bond motifs is 3. The number of benzene rings is 1. The number of aromatic nitrogens is 6. The molecular formula is C24H31FN8O2. The fourth-order valence-electron chi connectivity index (χ4n) is 5.02. The summed E-state index contributed by atoms with van der Waals surface area (Å²) in [5.41, 5.74) is 8.30. The highest BCUT2D eigenvalue weighted by Gasteiger charge is 2.31. The van der Waals surface area contributed by atoms with Crippen molar-refractivity contribution in [2.45, 2.75) is 52.2 Å². The van der Waals surface area contributed by atoms with Gasteiger partial charge in [0.15, 0.2) is 11.5 Å². The van der Waals surface area contributed by atoms with Gasteiger partial charge < -0.3 is 20.5 Å². The summed E-state index contributed by atoms with van der Waals surface area (Å²) in [6, 6.07) is 2.66.